The molecule has 1 aliphatic heterocycles. The van der Waals surface area contributed by atoms with Gasteiger partial charge in [0, 0.05) is 17.9 Å². The summed E-state index contributed by atoms with van der Waals surface area (Å²) in [4.78, 5) is 7.93. The van der Waals surface area contributed by atoms with Crippen LogP contribution < -0.4 is 11.1 Å². The molecule has 1 unspecified atom stereocenters. The molecule has 70 valence electrons. The van der Waals surface area contributed by atoms with Crippen LogP contribution in [0.1, 0.15) is 6.42 Å². The quantitative estimate of drug-likeness (QED) is 0.738. The highest BCUT2D eigenvalue weighted by Gasteiger charge is 2.15. The monoisotopic (exact) mass is 196 g/mol. The number of nitrogen functional groups attached to an aromatic ring is 1. The summed E-state index contributed by atoms with van der Waals surface area (Å²) < 4.78 is 0. The minimum absolute atomic E-state index is 0.517. The van der Waals surface area contributed by atoms with Crippen molar-refractivity contribution in [3.63, 3.8) is 0 Å². The number of nitrogens with zero attached hydrogens (tertiary/aromatic N) is 2. The zero-order valence-electron chi connectivity index (χ0n) is 7.23. The van der Waals surface area contributed by atoms with Crippen molar-refractivity contribution in [2.75, 3.05) is 22.6 Å². The summed E-state index contributed by atoms with van der Waals surface area (Å²) in [5, 5.41) is 3.33. The maximum absolute atomic E-state index is 5.54. The fourth-order valence-corrected chi connectivity index (χ4v) is 2.46. The van der Waals surface area contributed by atoms with Gasteiger partial charge in [0.25, 0.3) is 0 Å². The van der Waals surface area contributed by atoms with Gasteiger partial charge in [0.15, 0.2) is 0 Å². The molecule has 1 saturated heterocycles. The summed E-state index contributed by atoms with van der Waals surface area (Å²) in [7, 11) is 0. The number of nitrogens with one attached hydrogen (secondary N) is 1. The molecule has 0 spiro atoms. The maximum atomic E-state index is 5.54. The highest BCUT2D eigenvalue weighted by Crippen LogP contribution is 2.20. The van der Waals surface area contributed by atoms with E-state index in [-0.39, 0.29) is 0 Å². The van der Waals surface area contributed by atoms with Crippen molar-refractivity contribution < 1.29 is 0 Å². The largest absolute Gasteiger partial charge is 0.384 e. The van der Waals surface area contributed by atoms with Gasteiger partial charge in [-0.05, 0) is 12.2 Å². The fraction of sp³-hybridized carbons (Fsp3) is 0.500. The van der Waals surface area contributed by atoms with E-state index < -0.39 is 0 Å². The Morgan fingerprint density at radius 1 is 1.54 bits per heavy atom. The Morgan fingerprint density at radius 2 is 2.46 bits per heavy atom. The first-order valence-electron chi connectivity index (χ1n) is 4.26. The lowest BCUT2D eigenvalue weighted by Gasteiger charge is -2.11. The maximum Gasteiger partial charge on any atom is 0.131 e. The number of anilines is 2. The minimum atomic E-state index is 0.517. The van der Waals surface area contributed by atoms with Crippen molar-refractivity contribution in [2.45, 2.75) is 12.5 Å². The van der Waals surface area contributed by atoms with Gasteiger partial charge in [-0.1, -0.05) is 0 Å². The van der Waals surface area contributed by atoms with Gasteiger partial charge in [0.05, 0.1) is 0 Å². The Bertz CT molecular complexity index is 285. The Balaban J connectivity index is 2.00. The van der Waals surface area contributed by atoms with Gasteiger partial charge in [-0.3, -0.25) is 0 Å². The molecule has 1 fully saturated rings. The number of hydrogen-bond acceptors (Lipinski definition) is 5. The average Bonchev–Trinajstić information content (AvgIpc) is 2.57. The summed E-state index contributed by atoms with van der Waals surface area (Å²) in [5.74, 6) is 3.74. The summed E-state index contributed by atoms with van der Waals surface area (Å²) in [6, 6.07) is 2.31. The van der Waals surface area contributed by atoms with Gasteiger partial charge in [0.1, 0.15) is 18.0 Å². The molecule has 1 aromatic rings. The number of hydrogen-bond donors (Lipinski definition) is 2. The second kappa shape index (κ2) is 3.83. The molecule has 0 aliphatic carbocycles. The molecule has 13 heavy (non-hydrogen) atoms. The molecular weight excluding hydrogens is 184 g/mol. The predicted octanol–water partition coefficient (Wildman–Crippen LogP) is 0.976. The molecule has 5 heteroatoms. The van der Waals surface area contributed by atoms with Crippen LogP contribution in [0.3, 0.4) is 0 Å². The van der Waals surface area contributed by atoms with E-state index >= 15 is 0 Å². The van der Waals surface area contributed by atoms with Crippen LogP contribution in [-0.2, 0) is 0 Å². The van der Waals surface area contributed by atoms with Crippen LogP contribution in [0.4, 0.5) is 11.6 Å². The van der Waals surface area contributed by atoms with E-state index in [0.29, 0.717) is 11.9 Å². The van der Waals surface area contributed by atoms with Crippen LogP contribution in [0.2, 0.25) is 0 Å². The molecular formula is C8H12N4S. The number of nitrogens with two attached hydrogens (primary N) is 1. The topological polar surface area (TPSA) is 63.8 Å². The van der Waals surface area contributed by atoms with Crippen molar-refractivity contribution in [1.82, 2.24) is 9.97 Å². The molecule has 0 aromatic carbocycles. The lowest BCUT2D eigenvalue weighted by Crippen LogP contribution is -2.19. The lowest BCUT2D eigenvalue weighted by molar-refractivity contribution is 0.806. The van der Waals surface area contributed by atoms with Crippen LogP contribution in [0.25, 0.3) is 0 Å². The first kappa shape index (κ1) is 8.62. The van der Waals surface area contributed by atoms with E-state index in [1.165, 1.54) is 18.5 Å². The first-order valence-corrected chi connectivity index (χ1v) is 5.42. The van der Waals surface area contributed by atoms with Gasteiger partial charge in [-0.2, -0.15) is 11.8 Å². The zero-order chi connectivity index (χ0) is 9.10. The third-order valence-electron chi connectivity index (χ3n) is 1.97. The molecule has 2 heterocycles. The summed E-state index contributed by atoms with van der Waals surface area (Å²) in [6.45, 7) is 0. The summed E-state index contributed by atoms with van der Waals surface area (Å²) in [6.07, 6.45) is 2.69. The second-order valence-corrected chi connectivity index (χ2v) is 4.18. The van der Waals surface area contributed by atoms with Crippen LogP contribution in [0, 0.1) is 0 Å². The smallest absolute Gasteiger partial charge is 0.131 e. The number of aromatic nitrogens is 2. The third-order valence-corrected chi connectivity index (χ3v) is 3.13. The zero-order valence-corrected chi connectivity index (χ0v) is 8.05. The van der Waals surface area contributed by atoms with Gasteiger partial charge >= 0.3 is 0 Å². The van der Waals surface area contributed by atoms with E-state index in [1.54, 1.807) is 6.07 Å². The summed E-state index contributed by atoms with van der Waals surface area (Å²) >= 11 is 1.97. The Morgan fingerprint density at radius 3 is 3.15 bits per heavy atom. The van der Waals surface area contributed by atoms with E-state index in [2.05, 4.69) is 15.3 Å². The van der Waals surface area contributed by atoms with Gasteiger partial charge < -0.3 is 11.1 Å². The molecule has 4 nitrogen and oxygen atoms in total. The van der Waals surface area contributed by atoms with Crippen molar-refractivity contribution in [3.05, 3.63) is 12.4 Å². The van der Waals surface area contributed by atoms with E-state index in [0.717, 1.165) is 11.6 Å². The molecule has 1 aromatic heterocycles. The normalized spacial score (nSPS) is 21.7. The SMILES string of the molecule is Nc1cc(NC2CCSC2)ncn1. The number of rotatable bonds is 2. The highest BCUT2D eigenvalue weighted by molar-refractivity contribution is 7.99. The molecule has 1 atom stereocenters. The molecule has 0 saturated carbocycles. The van der Waals surface area contributed by atoms with Crippen molar-refractivity contribution >= 4 is 23.4 Å². The van der Waals surface area contributed by atoms with Crippen molar-refractivity contribution in [1.29, 1.82) is 0 Å². The van der Waals surface area contributed by atoms with E-state index in [1.807, 2.05) is 11.8 Å². The summed E-state index contributed by atoms with van der Waals surface area (Å²) in [5.41, 5.74) is 5.54. The van der Waals surface area contributed by atoms with Crippen LogP contribution in [0.15, 0.2) is 12.4 Å². The van der Waals surface area contributed by atoms with Crippen LogP contribution in [0.5, 0.6) is 0 Å². The van der Waals surface area contributed by atoms with E-state index in [4.69, 9.17) is 5.73 Å². The fourth-order valence-electron chi connectivity index (χ4n) is 1.31. The van der Waals surface area contributed by atoms with Crippen LogP contribution >= 0.6 is 11.8 Å². The minimum Gasteiger partial charge on any atom is -0.384 e. The van der Waals surface area contributed by atoms with Crippen LogP contribution in [-0.4, -0.2) is 27.5 Å². The highest BCUT2D eigenvalue weighted by atomic mass is 32.2. The molecule has 0 radical (unpaired) electrons. The Kier molecular flexibility index (Phi) is 2.54. The van der Waals surface area contributed by atoms with E-state index in [9.17, 15) is 0 Å². The molecule has 0 amide bonds. The molecule has 0 bridgehead atoms. The van der Waals surface area contributed by atoms with Crippen molar-refractivity contribution in [3.8, 4) is 0 Å². The second-order valence-electron chi connectivity index (χ2n) is 3.03. The molecule has 1 aliphatic rings. The van der Waals surface area contributed by atoms with Gasteiger partial charge in [0.2, 0.25) is 0 Å². The molecule has 3 N–H and O–H groups in total. The lowest BCUT2D eigenvalue weighted by atomic mass is 10.2. The molecule has 2 rings (SSSR count). The third kappa shape index (κ3) is 2.24. The Labute approximate surface area is 81.3 Å². The van der Waals surface area contributed by atoms with Crippen molar-refractivity contribution in [2.24, 2.45) is 0 Å². The number of thioether (sulfide) groups is 1. The average molecular weight is 196 g/mol. The standard InChI is InChI=1S/C8H12N4S/c9-7-3-8(11-5-10-7)12-6-1-2-13-4-6/h3,5-6H,1-2,4H2,(H3,9,10,11,12). The van der Waals surface area contributed by atoms with Gasteiger partial charge in [-0.15, -0.1) is 0 Å². The predicted molar refractivity (Wildman–Crippen MR) is 55.8 cm³/mol. The Hall–Kier alpha value is -0.970. The van der Waals surface area contributed by atoms with Gasteiger partial charge in [-0.25, -0.2) is 9.97 Å². The first-order chi connectivity index (χ1) is 6.34.